The molecular formula is C12H30O9Si3. The lowest BCUT2D eigenvalue weighted by molar-refractivity contribution is -0.108. The lowest BCUT2D eigenvalue weighted by Gasteiger charge is -2.45. The van der Waals surface area contributed by atoms with Gasteiger partial charge >= 0.3 is 27.1 Å². The molecule has 1 saturated heterocycles. The van der Waals surface area contributed by atoms with E-state index in [1.807, 2.05) is 41.5 Å². The number of hydrogen-bond acceptors (Lipinski definition) is 9. The Hall–Kier alpha value is 0.291. The van der Waals surface area contributed by atoms with Crippen LogP contribution in [-0.2, 0) is 38.9 Å². The summed E-state index contributed by atoms with van der Waals surface area (Å²) in [5.74, 6) is 0. The molecular weight excluding hydrogens is 372 g/mol. The standard InChI is InChI=1S/C12H30O9Si3/c1-7-13-22(14-8-2)19-23(15-9-3,16-10-4)21-24(20-22,17-11-5)18-12-6/h7-12H2,1-6H3. The largest absolute Gasteiger partial charge is 0.668 e. The SMILES string of the molecule is CCO[Si]1(OCC)O[Si](OCC)(OCC)O[Si](OCC)(OCC)O1. The highest BCUT2D eigenvalue weighted by Crippen LogP contribution is 2.34. The molecule has 1 aliphatic rings. The average molecular weight is 403 g/mol. The molecule has 9 nitrogen and oxygen atoms in total. The summed E-state index contributed by atoms with van der Waals surface area (Å²) >= 11 is 0. The van der Waals surface area contributed by atoms with E-state index in [0.29, 0.717) is 39.6 Å². The highest BCUT2D eigenvalue weighted by Gasteiger charge is 2.74. The van der Waals surface area contributed by atoms with Crippen molar-refractivity contribution in [3.05, 3.63) is 0 Å². The van der Waals surface area contributed by atoms with Crippen LogP contribution in [0.15, 0.2) is 0 Å². The van der Waals surface area contributed by atoms with Crippen molar-refractivity contribution in [2.75, 3.05) is 39.6 Å². The lowest BCUT2D eigenvalue weighted by Crippen LogP contribution is -2.76. The first-order valence-electron chi connectivity index (χ1n) is 8.42. The second-order valence-electron chi connectivity index (χ2n) is 4.40. The summed E-state index contributed by atoms with van der Waals surface area (Å²) in [6, 6.07) is 0. The minimum absolute atomic E-state index is 0.331. The summed E-state index contributed by atoms with van der Waals surface area (Å²) in [5, 5.41) is 0. The van der Waals surface area contributed by atoms with Crippen molar-refractivity contribution in [3.8, 4) is 0 Å². The van der Waals surface area contributed by atoms with Gasteiger partial charge in [-0.3, -0.25) is 0 Å². The topological polar surface area (TPSA) is 83.1 Å². The molecule has 1 fully saturated rings. The molecule has 0 aliphatic carbocycles. The number of rotatable bonds is 12. The predicted molar refractivity (Wildman–Crippen MR) is 90.3 cm³/mol. The molecule has 1 aliphatic heterocycles. The second-order valence-corrected chi connectivity index (χ2v) is 11.6. The molecule has 0 atom stereocenters. The second kappa shape index (κ2) is 10.4. The van der Waals surface area contributed by atoms with E-state index >= 15 is 0 Å². The van der Waals surface area contributed by atoms with E-state index < -0.39 is 27.1 Å². The minimum atomic E-state index is -3.60. The van der Waals surface area contributed by atoms with Gasteiger partial charge in [0.25, 0.3) is 0 Å². The molecule has 24 heavy (non-hydrogen) atoms. The van der Waals surface area contributed by atoms with Crippen LogP contribution < -0.4 is 0 Å². The van der Waals surface area contributed by atoms with Crippen molar-refractivity contribution in [1.82, 2.24) is 0 Å². The molecule has 0 N–H and O–H groups in total. The molecule has 0 aromatic rings. The van der Waals surface area contributed by atoms with Crippen molar-refractivity contribution < 1.29 is 38.9 Å². The first kappa shape index (κ1) is 22.3. The third-order valence-corrected chi connectivity index (χ3v) is 12.5. The maximum Gasteiger partial charge on any atom is 0.668 e. The van der Waals surface area contributed by atoms with Crippen LogP contribution in [0.25, 0.3) is 0 Å². The Labute approximate surface area is 147 Å². The maximum absolute atomic E-state index is 5.99. The van der Waals surface area contributed by atoms with E-state index in [1.54, 1.807) is 0 Å². The van der Waals surface area contributed by atoms with Crippen LogP contribution in [0.2, 0.25) is 0 Å². The van der Waals surface area contributed by atoms with Gasteiger partial charge in [0.2, 0.25) is 0 Å². The molecule has 0 saturated carbocycles. The Kier molecular flexibility index (Phi) is 9.72. The fraction of sp³-hybridized carbons (Fsp3) is 1.00. The summed E-state index contributed by atoms with van der Waals surface area (Å²) in [4.78, 5) is 0. The van der Waals surface area contributed by atoms with Gasteiger partial charge in [0.15, 0.2) is 0 Å². The molecule has 0 spiro atoms. The third kappa shape index (κ3) is 5.65. The van der Waals surface area contributed by atoms with E-state index in [1.165, 1.54) is 0 Å². The highest BCUT2D eigenvalue weighted by molar-refractivity contribution is 6.82. The summed E-state index contributed by atoms with van der Waals surface area (Å²) in [5.41, 5.74) is 0. The molecule has 0 aromatic heterocycles. The molecule has 0 aromatic carbocycles. The summed E-state index contributed by atoms with van der Waals surface area (Å²) in [6.45, 7) is 12.9. The van der Waals surface area contributed by atoms with Crippen LogP contribution in [0.3, 0.4) is 0 Å². The van der Waals surface area contributed by atoms with Crippen molar-refractivity contribution in [2.45, 2.75) is 41.5 Å². The molecule has 1 rings (SSSR count). The highest BCUT2D eigenvalue weighted by atomic mass is 28.6. The van der Waals surface area contributed by atoms with Gasteiger partial charge in [-0.1, -0.05) is 0 Å². The fourth-order valence-electron chi connectivity index (χ4n) is 2.06. The van der Waals surface area contributed by atoms with Crippen molar-refractivity contribution >= 4 is 27.1 Å². The lowest BCUT2D eigenvalue weighted by atomic mass is 10.9. The van der Waals surface area contributed by atoms with Crippen LogP contribution in [-0.4, -0.2) is 66.8 Å². The normalized spacial score (nSPS) is 21.8. The summed E-state index contributed by atoms with van der Waals surface area (Å²) in [7, 11) is -10.8. The molecule has 0 bridgehead atoms. The van der Waals surface area contributed by atoms with E-state index in [0.717, 1.165) is 0 Å². The molecule has 144 valence electrons. The van der Waals surface area contributed by atoms with Crippen LogP contribution >= 0.6 is 0 Å². The maximum atomic E-state index is 5.99. The van der Waals surface area contributed by atoms with Gasteiger partial charge in [-0.25, -0.2) is 0 Å². The van der Waals surface area contributed by atoms with Gasteiger partial charge in [-0.2, -0.15) is 0 Å². The van der Waals surface area contributed by atoms with Crippen LogP contribution in [0.4, 0.5) is 0 Å². The fourth-order valence-corrected chi connectivity index (χ4v) is 12.6. The zero-order valence-electron chi connectivity index (χ0n) is 15.4. The van der Waals surface area contributed by atoms with Gasteiger partial charge in [-0.05, 0) is 41.5 Å². The predicted octanol–water partition coefficient (Wildman–Crippen LogP) is 1.58. The summed E-state index contributed by atoms with van der Waals surface area (Å²) < 4.78 is 52.5. The van der Waals surface area contributed by atoms with Crippen molar-refractivity contribution in [3.63, 3.8) is 0 Å². The molecule has 0 amide bonds. The summed E-state index contributed by atoms with van der Waals surface area (Å²) in [6.07, 6.45) is 0. The van der Waals surface area contributed by atoms with Crippen molar-refractivity contribution in [2.24, 2.45) is 0 Å². The Morgan fingerprint density at radius 1 is 0.417 bits per heavy atom. The first-order valence-corrected chi connectivity index (χ1v) is 13.3. The Morgan fingerprint density at radius 2 is 0.583 bits per heavy atom. The first-order chi connectivity index (χ1) is 11.5. The zero-order chi connectivity index (χ0) is 18.1. The van der Waals surface area contributed by atoms with Gasteiger partial charge < -0.3 is 38.9 Å². The van der Waals surface area contributed by atoms with Gasteiger partial charge in [0, 0.05) is 39.6 Å². The van der Waals surface area contributed by atoms with E-state index in [9.17, 15) is 0 Å². The Balaban J connectivity index is 3.29. The van der Waals surface area contributed by atoms with Crippen LogP contribution in [0.5, 0.6) is 0 Å². The molecule has 0 radical (unpaired) electrons. The quantitative estimate of drug-likeness (QED) is 0.452. The number of hydrogen-bond donors (Lipinski definition) is 0. The third-order valence-electron chi connectivity index (χ3n) is 2.68. The van der Waals surface area contributed by atoms with E-state index in [-0.39, 0.29) is 0 Å². The van der Waals surface area contributed by atoms with Crippen LogP contribution in [0, 0.1) is 0 Å². The smallest absolute Gasteiger partial charge is 0.352 e. The molecule has 12 heteroatoms. The Bertz CT molecular complexity index is 278. The average Bonchev–Trinajstić information content (AvgIpc) is 2.48. The zero-order valence-corrected chi connectivity index (χ0v) is 18.4. The monoisotopic (exact) mass is 402 g/mol. The molecule has 0 unspecified atom stereocenters. The van der Waals surface area contributed by atoms with E-state index in [4.69, 9.17) is 38.9 Å². The van der Waals surface area contributed by atoms with Crippen LogP contribution in [0.1, 0.15) is 41.5 Å². The van der Waals surface area contributed by atoms with E-state index in [2.05, 4.69) is 0 Å². The minimum Gasteiger partial charge on any atom is -0.352 e. The van der Waals surface area contributed by atoms with Crippen molar-refractivity contribution in [1.29, 1.82) is 0 Å². The Morgan fingerprint density at radius 3 is 0.708 bits per heavy atom. The van der Waals surface area contributed by atoms with Gasteiger partial charge in [0.1, 0.15) is 0 Å². The van der Waals surface area contributed by atoms with Gasteiger partial charge in [-0.15, -0.1) is 0 Å². The molecule has 1 heterocycles. The van der Waals surface area contributed by atoms with Gasteiger partial charge in [0.05, 0.1) is 0 Å².